The summed E-state index contributed by atoms with van der Waals surface area (Å²) in [6.07, 6.45) is 25.0. The van der Waals surface area contributed by atoms with Gasteiger partial charge in [0.05, 0.1) is 0 Å². The van der Waals surface area contributed by atoms with Crippen LogP contribution >= 0.6 is 0 Å². The van der Waals surface area contributed by atoms with Crippen LogP contribution in [-0.2, 0) is 0 Å². The van der Waals surface area contributed by atoms with E-state index in [0.29, 0.717) is 0 Å². The predicted molar refractivity (Wildman–Crippen MR) is 194 cm³/mol. The van der Waals surface area contributed by atoms with Gasteiger partial charge >= 0.3 is 0 Å². The lowest BCUT2D eigenvalue weighted by atomic mass is 9.80. The molecule has 0 bridgehead atoms. The summed E-state index contributed by atoms with van der Waals surface area (Å²) in [6, 6.07) is 24.3. The number of rotatable bonds is 4. The molecule has 44 heavy (non-hydrogen) atoms. The molecule has 0 saturated heterocycles. The van der Waals surface area contributed by atoms with Crippen LogP contribution < -0.4 is 10.4 Å². The molecule has 0 amide bonds. The normalized spacial score (nSPS) is 18.3. The summed E-state index contributed by atoms with van der Waals surface area (Å²) in [7, 11) is 0. The predicted octanol–water partition coefficient (Wildman–Crippen LogP) is 10.8. The Balaban J connectivity index is 0.00000188. The van der Waals surface area contributed by atoms with Crippen LogP contribution in [0.1, 0.15) is 59.9 Å². The van der Waals surface area contributed by atoms with Gasteiger partial charge in [-0.25, -0.2) is 0 Å². The molecule has 0 nitrogen and oxygen atoms in total. The van der Waals surface area contributed by atoms with Crippen LogP contribution in [0.3, 0.4) is 0 Å². The first kappa shape index (κ1) is 31.0. The highest BCUT2D eigenvalue weighted by molar-refractivity contribution is 5.93. The number of fused-ring (bicyclic) bond motifs is 2. The highest BCUT2D eigenvalue weighted by Crippen LogP contribution is 2.44. The minimum absolute atomic E-state index is 0.0147. The van der Waals surface area contributed by atoms with Gasteiger partial charge < -0.3 is 0 Å². The van der Waals surface area contributed by atoms with Crippen LogP contribution in [0, 0.1) is 11.3 Å². The first-order valence-electron chi connectivity index (χ1n) is 16.2. The fourth-order valence-corrected chi connectivity index (χ4v) is 6.39. The van der Waals surface area contributed by atoms with E-state index in [2.05, 4.69) is 156 Å². The molecule has 3 aliphatic rings. The molecule has 0 heterocycles. The monoisotopic (exact) mass is 574 g/mol. The Bertz CT molecular complexity index is 1920. The number of benzene rings is 3. The van der Waals surface area contributed by atoms with Crippen molar-refractivity contribution in [2.45, 2.75) is 54.4 Å². The second-order valence-electron chi connectivity index (χ2n) is 12.6. The van der Waals surface area contributed by atoms with E-state index in [-0.39, 0.29) is 11.3 Å². The molecule has 0 aromatic heterocycles. The van der Waals surface area contributed by atoms with E-state index in [9.17, 15) is 0 Å². The summed E-state index contributed by atoms with van der Waals surface area (Å²) in [5, 5.41) is 5.12. The quantitative estimate of drug-likeness (QED) is 0.272. The molecule has 3 aromatic carbocycles. The number of allylic oxidation sites excluding steroid dienone is 15. The fraction of sp³-hybridized carbons (Fsp3) is 0.227. The Hall–Kier alpha value is -4.42. The van der Waals surface area contributed by atoms with Crippen LogP contribution in [0.25, 0.3) is 28.5 Å². The van der Waals surface area contributed by atoms with E-state index in [1.54, 1.807) is 0 Å². The minimum atomic E-state index is -0.0147. The Morgan fingerprint density at radius 1 is 0.864 bits per heavy atom. The molecule has 6 rings (SSSR count). The van der Waals surface area contributed by atoms with Gasteiger partial charge in [-0.2, -0.15) is 0 Å². The molecule has 0 aliphatic heterocycles. The van der Waals surface area contributed by atoms with Gasteiger partial charge in [0, 0.05) is 5.92 Å². The summed E-state index contributed by atoms with van der Waals surface area (Å²) in [4.78, 5) is 0. The molecule has 0 spiro atoms. The average Bonchev–Trinajstić information content (AvgIpc) is 3.44. The molecule has 0 heteroatoms. The second kappa shape index (κ2) is 13.5. The molecule has 0 radical (unpaired) electrons. The lowest BCUT2D eigenvalue weighted by Crippen LogP contribution is -2.23. The molecular formula is C44H46. The summed E-state index contributed by atoms with van der Waals surface area (Å²) in [5.41, 5.74) is 10.5. The Labute approximate surface area is 264 Å². The number of hydrogen-bond donors (Lipinski definition) is 0. The SMILES string of the molecule is C=C/C(=C\C1=C(C2=CCC=c3ccccc3=C2)C2=C(C=CC=CC2)C(c2ccc3ccccc3c2)=CC1C)C(C)(C)C.CC. The minimum Gasteiger partial charge on any atom is -0.0988 e. The summed E-state index contributed by atoms with van der Waals surface area (Å²) < 4.78 is 0. The molecule has 3 aliphatic carbocycles. The molecule has 1 unspecified atom stereocenters. The maximum Gasteiger partial charge on any atom is 0.000535 e. The van der Waals surface area contributed by atoms with Crippen molar-refractivity contribution in [2.75, 3.05) is 0 Å². The molecule has 222 valence electrons. The molecule has 0 saturated carbocycles. The Morgan fingerprint density at radius 2 is 1.59 bits per heavy atom. The van der Waals surface area contributed by atoms with Crippen molar-refractivity contribution in [3.8, 4) is 0 Å². The van der Waals surface area contributed by atoms with Gasteiger partial charge in [0.1, 0.15) is 0 Å². The van der Waals surface area contributed by atoms with Crippen molar-refractivity contribution in [2.24, 2.45) is 11.3 Å². The van der Waals surface area contributed by atoms with Gasteiger partial charge in [-0.15, -0.1) is 0 Å². The maximum atomic E-state index is 4.24. The van der Waals surface area contributed by atoms with E-state index in [1.807, 2.05) is 19.9 Å². The molecule has 1 atom stereocenters. The molecular weight excluding hydrogens is 528 g/mol. The summed E-state index contributed by atoms with van der Waals surface area (Å²) >= 11 is 0. The van der Waals surface area contributed by atoms with E-state index in [0.717, 1.165) is 12.8 Å². The highest BCUT2D eigenvalue weighted by Gasteiger charge is 2.27. The molecule has 0 fully saturated rings. The van der Waals surface area contributed by atoms with Gasteiger partial charge in [-0.05, 0) is 96.2 Å². The van der Waals surface area contributed by atoms with Gasteiger partial charge in [0.15, 0.2) is 0 Å². The zero-order valence-corrected chi connectivity index (χ0v) is 27.3. The summed E-state index contributed by atoms with van der Waals surface area (Å²) in [5.74, 6) is 0.194. The van der Waals surface area contributed by atoms with Crippen LogP contribution in [0.4, 0.5) is 0 Å². The van der Waals surface area contributed by atoms with Gasteiger partial charge in [-0.3, -0.25) is 0 Å². The van der Waals surface area contributed by atoms with Gasteiger partial charge in [0.2, 0.25) is 0 Å². The lowest BCUT2D eigenvalue weighted by molar-refractivity contribution is 0.516. The third kappa shape index (κ3) is 6.41. The van der Waals surface area contributed by atoms with Gasteiger partial charge in [-0.1, -0.05) is 163 Å². The lowest BCUT2D eigenvalue weighted by Gasteiger charge is -2.24. The van der Waals surface area contributed by atoms with E-state index < -0.39 is 0 Å². The third-order valence-electron chi connectivity index (χ3n) is 8.67. The molecule has 3 aromatic rings. The largest absolute Gasteiger partial charge is 0.0988 e. The van der Waals surface area contributed by atoms with Crippen LogP contribution in [-0.4, -0.2) is 0 Å². The standard InChI is InChI=1S/C42H40.C2H6/c1-6-36(42(3,4)5)28-39-29(2)25-40(34-24-23-31-16-11-13-17-32(31)26-34)37-21-8-7-9-22-38(37)41(39)35-20-14-19-30-15-10-12-18-33(30)27-35;1-2/h6-13,15-21,23-29H,1,14,22H2,2-5H3;1-2H3/b36-28+;. The fourth-order valence-electron chi connectivity index (χ4n) is 6.39. The maximum absolute atomic E-state index is 4.24. The zero-order chi connectivity index (χ0) is 31.3. The van der Waals surface area contributed by atoms with Crippen LogP contribution in [0.2, 0.25) is 0 Å². The third-order valence-corrected chi connectivity index (χ3v) is 8.67. The van der Waals surface area contributed by atoms with E-state index in [1.165, 1.54) is 65.8 Å². The first-order chi connectivity index (χ1) is 21.3. The van der Waals surface area contributed by atoms with Crippen molar-refractivity contribution in [3.05, 3.63) is 171 Å². The second-order valence-corrected chi connectivity index (χ2v) is 12.6. The zero-order valence-electron chi connectivity index (χ0n) is 27.3. The van der Waals surface area contributed by atoms with E-state index >= 15 is 0 Å². The van der Waals surface area contributed by atoms with Crippen LogP contribution in [0.15, 0.2) is 155 Å². The van der Waals surface area contributed by atoms with Crippen molar-refractivity contribution >= 4 is 28.5 Å². The Morgan fingerprint density at radius 3 is 2.34 bits per heavy atom. The molecule has 0 N–H and O–H groups in total. The van der Waals surface area contributed by atoms with Crippen LogP contribution in [0.5, 0.6) is 0 Å². The number of hydrogen-bond acceptors (Lipinski definition) is 0. The topological polar surface area (TPSA) is 0 Å². The van der Waals surface area contributed by atoms with Crippen molar-refractivity contribution in [1.82, 2.24) is 0 Å². The Kier molecular flexibility index (Phi) is 9.50. The smallest absolute Gasteiger partial charge is 0.000535 e. The average molecular weight is 575 g/mol. The van der Waals surface area contributed by atoms with Crippen molar-refractivity contribution < 1.29 is 0 Å². The van der Waals surface area contributed by atoms with Gasteiger partial charge in [0.25, 0.3) is 0 Å². The van der Waals surface area contributed by atoms with Crippen molar-refractivity contribution in [1.29, 1.82) is 0 Å². The highest BCUT2D eigenvalue weighted by atomic mass is 14.3. The van der Waals surface area contributed by atoms with Crippen molar-refractivity contribution in [3.63, 3.8) is 0 Å². The van der Waals surface area contributed by atoms with E-state index in [4.69, 9.17) is 0 Å². The summed E-state index contributed by atoms with van der Waals surface area (Å²) in [6.45, 7) is 17.4. The first-order valence-corrected chi connectivity index (χ1v) is 16.2.